The van der Waals surface area contributed by atoms with E-state index in [0.717, 1.165) is 0 Å². The fourth-order valence-corrected chi connectivity index (χ4v) is 3.69. The first-order valence-corrected chi connectivity index (χ1v) is 9.12. The molecule has 0 amide bonds. The molecule has 2 saturated heterocycles. The van der Waals surface area contributed by atoms with Gasteiger partial charge in [-0.2, -0.15) is 13.2 Å². The largest absolute Gasteiger partial charge is 0.401 e. The predicted molar refractivity (Wildman–Crippen MR) is 97.6 cm³/mol. The molecule has 0 saturated carbocycles. The van der Waals surface area contributed by atoms with Crippen LogP contribution in [0.2, 0.25) is 0 Å². The predicted octanol–water partition coefficient (Wildman–Crippen LogP) is 2.16. The van der Waals surface area contributed by atoms with Gasteiger partial charge in [0.2, 0.25) is 0 Å². The molecule has 150 valence electrons. The van der Waals surface area contributed by atoms with Crippen LogP contribution in [-0.4, -0.2) is 80.8 Å². The zero-order valence-electron chi connectivity index (χ0n) is 15.3. The lowest BCUT2D eigenvalue weighted by atomic mass is 10.2. The SMILES string of the molecule is CN=C(NC1CCN(CC(F)(F)F)C1)N1CCN(c2ccccc2F)CC1. The molecule has 5 nitrogen and oxygen atoms in total. The van der Waals surface area contributed by atoms with Gasteiger partial charge < -0.3 is 15.1 Å². The number of benzene rings is 1. The number of piperazine rings is 1. The van der Waals surface area contributed by atoms with E-state index < -0.39 is 12.7 Å². The second-order valence-electron chi connectivity index (χ2n) is 6.95. The van der Waals surface area contributed by atoms with Crippen LogP contribution in [0.4, 0.5) is 23.2 Å². The van der Waals surface area contributed by atoms with E-state index in [1.807, 2.05) is 11.0 Å². The van der Waals surface area contributed by atoms with Crippen LogP contribution in [0.1, 0.15) is 6.42 Å². The molecule has 2 aliphatic heterocycles. The summed E-state index contributed by atoms with van der Waals surface area (Å²) in [6.45, 7) is 2.58. The highest BCUT2D eigenvalue weighted by Gasteiger charge is 2.35. The summed E-state index contributed by atoms with van der Waals surface area (Å²) in [5.41, 5.74) is 0.596. The van der Waals surface area contributed by atoms with E-state index >= 15 is 0 Å². The van der Waals surface area contributed by atoms with Crippen molar-refractivity contribution in [3.8, 4) is 0 Å². The van der Waals surface area contributed by atoms with Gasteiger partial charge in [-0.15, -0.1) is 0 Å². The van der Waals surface area contributed by atoms with Crippen molar-refractivity contribution in [2.24, 2.45) is 4.99 Å². The van der Waals surface area contributed by atoms with Crippen molar-refractivity contribution < 1.29 is 17.6 Å². The van der Waals surface area contributed by atoms with Gasteiger partial charge in [0.05, 0.1) is 12.2 Å². The van der Waals surface area contributed by atoms with E-state index in [9.17, 15) is 17.6 Å². The molecule has 0 radical (unpaired) electrons. The lowest BCUT2D eigenvalue weighted by Gasteiger charge is -2.38. The number of aliphatic imine (C=N–C) groups is 1. The first-order valence-electron chi connectivity index (χ1n) is 9.12. The molecule has 0 spiro atoms. The number of hydrogen-bond acceptors (Lipinski definition) is 3. The molecule has 0 aliphatic carbocycles. The number of guanidine groups is 1. The van der Waals surface area contributed by atoms with Crippen molar-refractivity contribution >= 4 is 11.6 Å². The van der Waals surface area contributed by atoms with E-state index in [2.05, 4.69) is 15.2 Å². The fourth-order valence-electron chi connectivity index (χ4n) is 3.69. The molecule has 1 atom stereocenters. The van der Waals surface area contributed by atoms with Crippen molar-refractivity contribution in [3.63, 3.8) is 0 Å². The first-order chi connectivity index (χ1) is 12.9. The lowest BCUT2D eigenvalue weighted by Crippen LogP contribution is -2.54. The van der Waals surface area contributed by atoms with Gasteiger partial charge in [-0.1, -0.05) is 12.1 Å². The van der Waals surface area contributed by atoms with Gasteiger partial charge in [0.15, 0.2) is 5.96 Å². The minimum atomic E-state index is -4.17. The summed E-state index contributed by atoms with van der Waals surface area (Å²) >= 11 is 0. The number of likely N-dealkylation sites (tertiary alicyclic amines) is 1. The Morgan fingerprint density at radius 3 is 2.48 bits per heavy atom. The maximum Gasteiger partial charge on any atom is 0.401 e. The Bertz CT molecular complexity index is 655. The van der Waals surface area contributed by atoms with Gasteiger partial charge >= 0.3 is 6.18 Å². The third-order valence-corrected chi connectivity index (χ3v) is 4.99. The number of hydrogen-bond donors (Lipinski definition) is 1. The molecule has 1 aromatic carbocycles. The Hall–Kier alpha value is -2.03. The molecule has 1 unspecified atom stereocenters. The summed E-state index contributed by atoms with van der Waals surface area (Å²) in [5.74, 6) is 0.464. The van der Waals surface area contributed by atoms with Crippen LogP contribution >= 0.6 is 0 Å². The highest BCUT2D eigenvalue weighted by Crippen LogP contribution is 2.21. The van der Waals surface area contributed by atoms with Gasteiger partial charge in [0.1, 0.15) is 5.82 Å². The molecular weight excluding hydrogens is 362 g/mol. The maximum absolute atomic E-state index is 13.9. The van der Waals surface area contributed by atoms with Crippen molar-refractivity contribution in [2.75, 3.05) is 57.8 Å². The number of nitrogens with one attached hydrogen (secondary N) is 1. The van der Waals surface area contributed by atoms with Gasteiger partial charge in [0, 0.05) is 52.4 Å². The maximum atomic E-state index is 13.9. The van der Waals surface area contributed by atoms with Crippen LogP contribution in [0.25, 0.3) is 0 Å². The normalized spacial score (nSPS) is 22.4. The van der Waals surface area contributed by atoms with E-state index in [-0.39, 0.29) is 11.9 Å². The van der Waals surface area contributed by atoms with Crippen LogP contribution in [-0.2, 0) is 0 Å². The molecule has 9 heteroatoms. The quantitative estimate of drug-likeness (QED) is 0.490. The summed E-state index contributed by atoms with van der Waals surface area (Å²) in [5, 5.41) is 3.29. The Morgan fingerprint density at radius 1 is 1.15 bits per heavy atom. The molecule has 1 N–H and O–H groups in total. The molecule has 3 rings (SSSR count). The van der Waals surface area contributed by atoms with Crippen molar-refractivity contribution in [3.05, 3.63) is 30.1 Å². The van der Waals surface area contributed by atoms with E-state index in [1.54, 1.807) is 19.2 Å². The van der Waals surface area contributed by atoms with Crippen LogP contribution in [0.3, 0.4) is 0 Å². The fraction of sp³-hybridized carbons (Fsp3) is 0.611. The molecule has 27 heavy (non-hydrogen) atoms. The van der Waals surface area contributed by atoms with Gasteiger partial charge in [-0.05, 0) is 18.6 Å². The van der Waals surface area contributed by atoms with Crippen molar-refractivity contribution in [2.45, 2.75) is 18.6 Å². The summed E-state index contributed by atoms with van der Waals surface area (Å²) < 4.78 is 51.5. The average Bonchev–Trinajstić information content (AvgIpc) is 3.05. The molecule has 2 aliphatic rings. The molecule has 1 aromatic rings. The lowest BCUT2D eigenvalue weighted by molar-refractivity contribution is -0.143. The summed E-state index contributed by atoms with van der Waals surface area (Å²) in [6.07, 6.45) is -3.51. The third kappa shape index (κ3) is 5.24. The Balaban J connectivity index is 1.51. The zero-order chi connectivity index (χ0) is 19.4. The van der Waals surface area contributed by atoms with Crippen molar-refractivity contribution in [1.29, 1.82) is 0 Å². The first kappa shape index (κ1) is 19.7. The monoisotopic (exact) mass is 387 g/mol. The van der Waals surface area contributed by atoms with E-state index in [4.69, 9.17) is 0 Å². The van der Waals surface area contributed by atoms with Crippen molar-refractivity contribution in [1.82, 2.24) is 15.1 Å². The number of alkyl halides is 3. The minimum Gasteiger partial charge on any atom is -0.366 e. The Kier molecular flexibility index (Phi) is 6.08. The van der Waals surface area contributed by atoms with E-state index in [1.165, 1.54) is 11.0 Å². The highest BCUT2D eigenvalue weighted by atomic mass is 19.4. The average molecular weight is 387 g/mol. The summed E-state index contributed by atoms with van der Waals surface area (Å²) in [7, 11) is 1.67. The highest BCUT2D eigenvalue weighted by molar-refractivity contribution is 5.80. The zero-order valence-corrected chi connectivity index (χ0v) is 15.3. The third-order valence-electron chi connectivity index (χ3n) is 4.99. The number of para-hydroxylation sites is 1. The molecule has 2 fully saturated rings. The Morgan fingerprint density at radius 2 is 1.85 bits per heavy atom. The number of anilines is 1. The topological polar surface area (TPSA) is 34.1 Å². The van der Waals surface area contributed by atoms with Crippen LogP contribution in [0.5, 0.6) is 0 Å². The molecule has 0 bridgehead atoms. The Labute approximate surface area is 156 Å². The second kappa shape index (κ2) is 8.33. The number of nitrogens with zero attached hydrogens (tertiary/aromatic N) is 4. The molecular formula is C18H25F4N5. The number of rotatable bonds is 3. The minimum absolute atomic E-state index is 0.0457. The number of halogens is 4. The standard InChI is InChI=1S/C18H25F4N5/c1-23-17(24-14-6-7-25(12-14)13-18(20,21)22)27-10-8-26(9-11-27)16-5-3-2-4-15(16)19/h2-5,14H,6-13H2,1H3,(H,23,24). The molecule has 2 heterocycles. The van der Waals surface area contributed by atoms with Gasteiger partial charge in [-0.25, -0.2) is 4.39 Å². The summed E-state index contributed by atoms with van der Waals surface area (Å²) in [4.78, 5) is 9.78. The van der Waals surface area contributed by atoms with Gasteiger partial charge in [0.25, 0.3) is 0 Å². The van der Waals surface area contributed by atoms with Crippen LogP contribution in [0, 0.1) is 5.82 Å². The summed E-state index contributed by atoms with van der Waals surface area (Å²) in [6, 6.07) is 6.67. The second-order valence-corrected chi connectivity index (χ2v) is 6.95. The smallest absolute Gasteiger partial charge is 0.366 e. The van der Waals surface area contributed by atoms with Crippen LogP contribution < -0.4 is 10.2 Å². The van der Waals surface area contributed by atoms with Gasteiger partial charge in [-0.3, -0.25) is 9.89 Å². The van der Waals surface area contributed by atoms with Crippen LogP contribution in [0.15, 0.2) is 29.3 Å². The van der Waals surface area contributed by atoms with E-state index in [0.29, 0.717) is 57.3 Å². The molecule has 0 aromatic heterocycles.